The second kappa shape index (κ2) is 39.0. The Morgan fingerprint density at radius 2 is 0.740 bits per heavy atom. The van der Waals surface area contributed by atoms with E-state index in [2.05, 4.69) is 90.7 Å². The number of aliphatic hydroxyl groups excluding tert-OH is 9. The van der Waals surface area contributed by atoms with Crippen LogP contribution in [0.3, 0.4) is 0 Å². The molecule has 13 aromatic rings. The van der Waals surface area contributed by atoms with E-state index in [1.165, 1.54) is 103 Å². The summed E-state index contributed by atoms with van der Waals surface area (Å²) in [7, 11) is 2.95. The van der Waals surface area contributed by atoms with Gasteiger partial charge in [-0.05, 0) is 71.6 Å². The van der Waals surface area contributed by atoms with Crippen molar-refractivity contribution in [3.63, 3.8) is 0 Å². The van der Waals surface area contributed by atoms with Crippen LogP contribution in [0.2, 0.25) is 0 Å². The van der Waals surface area contributed by atoms with Gasteiger partial charge in [-0.25, -0.2) is 24.9 Å². The molecule has 15 heterocycles. The number of nitrogens with two attached hydrogens (primary N) is 4. The minimum atomic E-state index is -1.66. The molecule has 18 rings (SSSR count). The van der Waals surface area contributed by atoms with E-state index in [9.17, 15) is 71.5 Å². The van der Waals surface area contributed by atoms with Gasteiger partial charge in [-0.15, -0.1) is 0 Å². The largest absolute Gasteiger partial charge is 0.479 e. The van der Waals surface area contributed by atoms with Crippen molar-refractivity contribution in [2.75, 3.05) is 99.3 Å². The Morgan fingerprint density at radius 3 is 1.13 bits per heavy atom. The molecule has 0 spiro atoms. The highest BCUT2D eigenvalue weighted by Crippen LogP contribution is 2.46. The molecule has 5 saturated heterocycles. The van der Waals surface area contributed by atoms with Crippen LogP contribution in [0.15, 0.2) is 117 Å². The monoisotopic (exact) mass is 1820 g/mol. The van der Waals surface area contributed by atoms with Crippen LogP contribution in [0.4, 0.5) is 41.4 Å². The van der Waals surface area contributed by atoms with Gasteiger partial charge >= 0.3 is 0 Å². The third kappa shape index (κ3) is 19.2. The molecule has 0 bridgehead atoms. The molecule has 131 heavy (non-hydrogen) atoms. The SMILES string of the molecule is CCOc1nc(N)nc2c1ncn2C1O[C@H](CO)[C@@H](O)[C@@]1(C)O.COc1nc(N)nc2c1ncn2C1O[C@H](CO)C[C@@]1(C)O.COc1nc(NCc2ccc(C)cc2)nc2c1ncn2[C@@H]1O[C@H](CO)[C@@H](O)[C@@]1(C)O.C[C@]1(O)C(n2cnc3c(NCCc4ccccc4)nc(N)nc32)O[C@H](CO)[C@H]1O.C[C@]1(O)C(n2cnc3c(NCc4ccccc4)nc(N)nc32)O[C@H](CO)[C@H]1O. The van der Waals surface area contributed by atoms with Gasteiger partial charge in [-0.3, -0.25) is 22.8 Å². The van der Waals surface area contributed by atoms with Gasteiger partial charge in [-0.2, -0.15) is 49.8 Å². The van der Waals surface area contributed by atoms with Crippen LogP contribution in [-0.2, 0) is 43.2 Å². The molecule has 25 N–H and O–H groups in total. The van der Waals surface area contributed by atoms with Crippen molar-refractivity contribution in [3.8, 4) is 17.6 Å². The van der Waals surface area contributed by atoms with Crippen LogP contribution < -0.4 is 53.1 Å². The average Bonchev–Trinajstić information content (AvgIpc) is 1.76. The lowest BCUT2D eigenvalue weighted by Crippen LogP contribution is -2.44. The molecule has 3 aromatic carbocycles. The standard InChI is InChI=1S/C20H25N5O5.C19H24N6O4.C18H22N6O4.C13H19N5O5.C12H17N5O4/c1-11-4-6-12(7-5-11)8-21-19-23-16-14(17(24-19)29-3)22-10-25(16)18-20(2,28)15(27)13(9-26)30-18;1-19(28)14(27)12(9-26)29-17(19)25-10-22-13-15(23-18(20)24-16(13)25)21-8-7-11-5-3-2-4-6-11;1-18(27)13(26)11(8-25)28-16(18)24-9-21-12-14(22-17(19)23-15(12)24)20-7-10-5-3-2-4-6-10;1-3-22-10-7-9(16-12(14)17-10)18(5-15-7)11-13(2,21)8(20)6(4-19)23-11;1-12(19)3-6(4-18)21-10(12)17-5-14-7-8(17)15-11(13)16-9(7)20-2/h4-7,10,13,15,18,26-28H,8-9H2,1-3H3,(H,21,23,24);2-6,10,12,14,17,26-28H,7-9H2,1H3,(H3,20,21,23,24);2-6,9,11,13,16,25-27H,7-8H2,1H3,(H3,19,20,22,23);5-6,8,11,19-21H,3-4H2,1-2H3,(H2,14,16,17);5-6,10,18-19H,3-4H2,1-2H3,(H2,13,15,16)/t13-,15-,18-,20-;12-,14-,17?,19-;11-,13-,16?,18-;6-,8-,11?,13-;6-,10?,12+/m11110/s1. The number of nitrogens with zero attached hydrogens (tertiary/aromatic N) is 20. The summed E-state index contributed by atoms with van der Waals surface area (Å²) < 4.78 is 51.6. The van der Waals surface area contributed by atoms with Crippen molar-refractivity contribution in [1.82, 2.24) is 97.6 Å². The Morgan fingerprint density at radius 1 is 0.397 bits per heavy atom. The summed E-state index contributed by atoms with van der Waals surface area (Å²) in [6.45, 7) is 11.3. The first-order chi connectivity index (χ1) is 62.5. The summed E-state index contributed by atoms with van der Waals surface area (Å²) >= 11 is 0. The van der Waals surface area contributed by atoms with Gasteiger partial charge in [-0.1, -0.05) is 90.5 Å². The fraction of sp³-hybridized carbons (Fsp3) is 0.476. The van der Waals surface area contributed by atoms with Gasteiger partial charge in [0.2, 0.25) is 47.4 Å². The van der Waals surface area contributed by atoms with Gasteiger partial charge in [0, 0.05) is 26.1 Å². The normalized spacial score (nSPS) is 27.9. The number of rotatable bonds is 24. The number of hydrogen-bond donors (Lipinski definition) is 21. The molecule has 4 unspecified atom stereocenters. The number of aryl methyl sites for hydroxylation is 1. The van der Waals surface area contributed by atoms with Crippen molar-refractivity contribution < 1.29 is 109 Å². The quantitative estimate of drug-likeness (QED) is 0.0349. The lowest BCUT2D eigenvalue weighted by molar-refractivity contribution is -0.0950. The van der Waals surface area contributed by atoms with Crippen molar-refractivity contribution in [3.05, 3.63) is 139 Å². The first-order valence-electron chi connectivity index (χ1n) is 41.5. The Hall–Kier alpha value is -12.4. The summed E-state index contributed by atoms with van der Waals surface area (Å²) in [5, 5.41) is 151. The molecule has 5 aliphatic rings. The van der Waals surface area contributed by atoms with Crippen LogP contribution in [0.5, 0.6) is 17.6 Å². The highest BCUT2D eigenvalue weighted by atomic mass is 16.6. The fourth-order valence-electron chi connectivity index (χ4n) is 15.9. The van der Waals surface area contributed by atoms with Crippen LogP contribution >= 0.6 is 0 Å². The number of fused-ring (bicyclic) bond motifs is 5. The van der Waals surface area contributed by atoms with E-state index in [1.54, 1.807) is 18.4 Å². The molecule has 0 radical (unpaired) electrons. The zero-order chi connectivity index (χ0) is 93.9. The summed E-state index contributed by atoms with van der Waals surface area (Å²) in [5.74, 6) is 2.08. The molecule has 19 atom stereocenters. The number of methoxy groups -OCH3 is 2. The minimum absolute atomic E-state index is 0.0143. The number of ether oxygens (including phenoxy) is 8. The molecule has 702 valence electrons. The van der Waals surface area contributed by atoms with E-state index in [-0.39, 0.29) is 48.0 Å². The second-order valence-electron chi connectivity index (χ2n) is 32.7. The van der Waals surface area contributed by atoms with E-state index in [4.69, 9.17) is 60.8 Å². The molecule has 0 aliphatic carbocycles. The Labute approximate surface area is 745 Å². The molecular formula is C82H107N27O22. The minimum Gasteiger partial charge on any atom is -0.479 e. The number of nitrogens with one attached hydrogen (secondary N) is 3. The zero-order valence-electron chi connectivity index (χ0n) is 72.6. The third-order valence-electron chi connectivity index (χ3n) is 22.9. The molecule has 49 nitrogen and oxygen atoms in total. The number of anilines is 7. The topological polar surface area (TPSA) is 715 Å². The summed E-state index contributed by atoms with van der Waals surface area (Å²) in [4.78, 5) is 63.4. The van der Waals surface area contributed by atoms with Gasteiger partial charge in [0.25, 0.3) is 0 Å². The van der Waals surface area contributed by atoms with Crippen LogP contribution in [0, 0.1) is 6.92 Å². The third-order valence-corrected chi connectivity index (χ3v) is 22.9. The molecular weight excluding hydrogens is 1720 g/mol. The van der Waals surface area contributed by atoms with Crippen LogP contribution in [0.25, 0.3) is 55.8 Å². The number of hydrogen-bond acceptors (Lipinski definition) is 44. The average molecular weight is 1820 g/mol. The highest BCUT2D eigenvalue weighted by molar-refractivity contribution is 5.86. The number of nitrogen functional groups attached to an aromatic ring is 4. The maximum atomic E-state index is 10.8. The summed E-state index contributed by atoms with van der Waals surface area (Å²) in [6, 6.07) is 27.9. The molecule has 10 aromatic heterocycles. The zero-order valence-corrected chi connectivity index (χ0v) is 72.6. The van der Waals surface area contributed by atoms with E-state index < -0.39 is 141 Å². The number of aliphatic hydroxyl groups is 14. The summed E-state index contributed by atoms with van der Waals surface area (Å²) in [5.41, 5.74) is 23.7. The predicted molar refractivity (Wildman–Crippen MR) is 466 cm³/mol. The van der Waals surface area contributed by atoms with Crippen LogP contribution in [-0.4, -0.2) is 312 Å². The number of imidazole rings is 5. The van der Waals surface area contributed by atoms with Gasteiger partial charge in [0.15, 0.2) is 98.6 Å². The number of benzene rings is 3. The van der Waals surface area contributed by atoms with Crippen molar-refractivity contribution in [1.29, 1.82) is 0 Å². The van der Waals surface area contributed by atoms with Crippen molar-refractivity contribution >= 4 is 97.2 Å². The fourth-order valence-corrected chi connectivity index (χ4v) is 15.9. The molecule has 0 saturated carbocycles. The lowest BCUT2D eigenvalue weighted by atomic mass is 9.96. The van der Waals surface area contributed by atoms with E-state index >= 15 is 0 Å². The van der Waals surface area contributed by atoms with Gasteiger partial charge in [0.05, 0.1) is 91.6 Å². The maximum Gasteiger partial charge on any atom is 0.247 e. The maximum absolute atomic E-state index is 10.8. The molecule has 5 fully saturated rings. The summed E-state index contributed by atoms with van der Waals surface area (Å²) in [6.07, 6.45) is -5.60. The highest BCUT2D eigenvalue weighted by Gasteiger charge is 2.57. The van der Waals surface area contributed by atoms with E-state index in [1.807, 2.05) is 91.9 Å². The molecule has 5 aliphatic heterocycles. The van der Waals surface area contributed by atoms with E-state index in [0.717, 1.165) is 17.5 Å². The first kappa shape index (κ1) is 94.8. The number of aromatic nitrogens is 20. The Balaban J connectivity index is 0.000000133. The smallest absolute Gasteiger partial charge is 0.247 e. The Bertz CT molecular complexity index is 6070. The van der Waals surface area contributed by atoms with Crippen molar-refractivity contribution in [2.24, 2.45) is 0 Å². The van der Waals surface area contributed by atoms with Crippen LogP contribution in [0.1, 0.15) is 101 Å². The molecule has 0 amide bonds. The Kier molecular flexibility index (Phi) is 28.2. The van der Waals surface area contributed by atoms with E-state index in [0.29, 0.717) is 106 Å². The van der Waals surface area contributed by atoms with Gasteiger partial charge in [0.1, 0.15) is 76.8 Å². The lowest BCUT2D eigenvalue weighted by Gasteiger charge is -2.27. The first-order valence-corrected chi connectivity index (χ1v) is 41.5. The predicted octanol–water partition coefficient (Wildman–Crippen LogP) is -0.899. The van der Waals surface area contributed by atoms with Gasteiger partial charge < -0.3 is 148 Å². The molecule has 49 heteroatoms. The second-order valence-corrected chi connectivity index (χ2v) is 32.7. The van der Waals surface area contributed by atoms with Crippen molar-refractivity contribution in [2.45, 2.75) is 188 Å².